The van der Waals surface area contributed by atoms with E-state index in [9.17, 15) is 9.59 Å². The van der Waals surface area contributed by atoms with Crippen molar-refractivity contribution in [2.75, 3.05) is 17.3 Å². The molecule has 0 aliphatic carbocycles. The Hall–Kier alpha value is -3.41. The number of nitrogens with zero attached hydrogens (tertiary/aromatic N) is 2. The van der Waals surface area contributed by atoms with E-state index in [2.05, 4.69) is 10.5 Å². The maximum atomic E-state index is 12.2. The fourth-order valence-electron chi connectivity index (χ4n) is 2.68. The van der Waals surface area contributed by atoms with Crippen molar-refractivity contribution in [1.82, 2.24) is 5.16 Å². The number of anilines is 2. The summed E-state index contributed by atoms with van der Waals surface area (Å²) in [6.07, 6.45) is 0.468. The van der Waals surface area contributed by atoms with Gasteiger partial charge in [0.1, 0.15) is 0 Å². The summed E-state index contributed by atoms with van der Waals surface area (Å²) in [5.74, 6) is 0.135. The molecule has 1 aromatic heterocycles. The van der Waals surface area contributed by atoms with Gasteiger partial charge >= 0.3 is 0 Å². The summed E-state index contributed by atoms with van der Waals surface area (Å²) in [4.78, 5) is 25.7. The lowest BCUT2D eigenvalue weighted by atomic mass is 10.0. The van der Waals surface area contributed by atoms with Crippen molar-refractivity contribution in [2.24, 2.45) is 0 Å². The average Bonchev–Trinajstić information content (AvgIpc) is 3.11. The van der Waals surface area contributed by atoms with Crippen LogP contribution in [-0.4, -0.2) is 24.0 Å². The molecule has 0 bridgehead atoms. The van der Waals surface area contributed by atoms with Crippen LogP contribution in [-0.2, 0) is 4.79 Å². The van der Waals surface area contributed by atoms with E-state index in [1.54, 1.807) is 37.1 Å². The lowest BCUT2D eigenvalue weighted by Gasteiger charge is -2.16. The highest BCUT2D eigenvalue weighted by Gasteiger charge is 2.11. The van der Waals surface area contributed by atoms with Crippen molar-refractivity contribution in [3.8, 4) is 11.1 Å². The molecule has 0 aliphatic rings. The molecule has 0 spiro atoms. The number of carbonyl (C=O) groups is 2. The minimum atomic E-state index is -0.257. The van der Waals surface area contributed by atoms with Gasteiger partial charge in [-0.1, -0.05) is 36.3 Å². The zero-order valence-electron chi connectivity index (χ0n) is 15.5. The molecule has 0 saturated heterocycles. The minimum absolute atomic E-state index is 0.0695. The van der Waals surface area contributed by atoms with Gasteiger partial charge in [-0.2, -0.15) is 0 Å². The summed E-state index contributed by atoms with van der Waals surface area (Å²) in [7, 11) is 1.77. The number of hydrogen-bond donors (Lipinski definition) is 1. The molecule has 0 radical (unpaired) electrons. The molecule has 0 unspecified atom stereocenters. The molecule has 138 valence electrons. The monoisotopic (exact) mass is 363 g/mol. The fourth-order valence-corrected chi connectivity index (χ4v) is 2.68. The highest BCUT2D eigenvalue weighted by Crippen LogP contribution is 2.24. The van der Waals surface area contributed by atoms with E-state index in [4.69, 9.17) is 4.52 Å². The second-order valence-electron chi connectivity index (χ2n) is 6.22. The van der Waals surface area contributed by atoms with Crippen LogP contribution in [0.3, 0.4) is 0 Å². The third-order valence-corrected chi connectivity index (χ3v) is 4.28. The maximum Gasteiger partial charge on any atom is 0.258 e. The molecular weight excluding hydrogens is 342 g/mol. The highest BCUT2D eigenvalue weighted by atomic mass is 16.5. The van der Waals surface area contributed by atoms with E-state index < -0.39 is 0 Å². The fraction of sp³-hybridized carbons (Fsp3) is 0.190. The van der Waals surface area contributed by atoms with E-state index in [1.165, 1.54) is 0 Å². The van der Waals surface area contributed by atoms with Gasteiger partial charge in [0.05, 0.1) is 5.69 Å². The molecule has 6 heteroatoms. The summed E-state index contributed by atoms with van der Waals surface area (Å²) in [6, 6.07) is 16.7. The second kappa shape index (κ2) is 7.86. The van der Waals surface area contributed by atoms with Gasteiger partial charge in [0.25, 0.3) is 5.91 Å². The van der Waals surface area contributed by atoms with Crippen molar-refractivity contribution >= 4 is 23.4 Å². The topological polar surface area (TPSA) is 75.4 Å². The molecule has 1 heterocycles. The zero-order valence-corrected chi connectivity index (χ0v) is 15.5. The van der Waals surface area contributed by atoms with Crippen LogP contribution >= 0.6 is 0 Å². The molecule has 0 atom stereocenters. The van der Waals surface area contributed by atoms with Gasteiger partial charge in [0.2, 0.25) is 11.8 Å². The Balaban J connectivity index is 1.71. The first-order valence-corrected chi connectivity index (χ1v) is 8.69. The van der Waals surface area contributed by atoms with Gasteiger partial charge in [0, 0.05) is 30.8 Å². The average molecular weight is 363 g/mol. The van der Waals surface area contributed by atoms with Crippen LogP contribution in [0.5, 0.6) is 0 Å². The number of nitrogens with one attached hydrogen (secondary N) is 1. The van der Waals surface area contributed by atoms with E-state index in [1.807, 2.05) is 43.3 Å². The van der Waals surface area contributed by atoms with Crippen LogP contribution < -0.4 is 10.2 Å². The third-order valence-electron chi connectivity index (χ3n) is 4.28. The number of carbonyl (C=O) groups excluding carboxylic acids is 2. The first kappa shape index (κ1) is 18.4. The maximum absolute atomic E-state index is 12.2. The van der Waals surface area contributed by atoms with Gasteiger partial charge in [-0.15, -0.1) is 0 Å². The number of aromatic nitrogens is 1. The minimum Gasteiger partial charge on any atom is -0.338 e. The first-order valence-electron chi connectivity index (χ1n) is 8.69. The summed E-state index contributed by atoms with van der Waals surface area (Å²) >= 11 is 0. The van der Waals surface area contributed by atoms with Crippen molar-refractivity contribution in [3.63, 3.8) is 0 Å². The number of amides is 2. The van der Waals surface area contributed by atoms with Gasteiger partial charge in [0.15, 0.2) is 0 Å². The van der Waals surface area contributed by atoms with Crippen LogP contribution in [0.1, 0.15) is 29.4 Å². The third kappa shape index (κ3) is 4.23. The zero-order chi connectivity index (χ0) is 19.4. The number of aryl methyl sites for hydroxylation is 1. The predicted octanol–water partition coefficient (Wildman–Crippen LogP) is 4.28. The first-order chi connectivity index (χ1) is 13.0. The van der Waals surface area contributed by atoms with Crippen LogP contribution in [0.2, 0.25) is 0 Å². The summed E-state index contributed by atoms with van der Waals surface area (Å²) in [5.41, 5.74) is 4.07. The van der Waals surface area contributed by atoms with E-state index in [0.717, 1.165) is 16.8 Å². The van der Waals surface area contributed by atoms with Gasteiger partial charge in [-0.3, -0.25) is 14.9 Å². The standard InChI is InChI=1S/C21H21N3O3/c1-4-20(25)24(3)18-11-9-16(10-12-18)15-5-7-17(8-6-15)21(26)22-19-13-14(2)23-27-19/h5-13H,4H2,1-3H3,(H,22,26). The Morgan fingerprint density at radius 3 is 2.15 bits per heavy atom. The lowest BCUT2D eigenvalue weighted by Crippen LogP contribution is -2.24. The Morgan fingerprint density at radius 1 is 1.04 bits per heavy atom. The Morgan fingerprint density at radius 2 is 1.63 bits per heavy atom. The van der Waals surface area contributed by atoms with Crippen LogP contribution in [0.25, 0.3) is 11.1 Å². The smallest absolute Gasteiger partial charge is 0.258 e. The molecule has 1 N–H and O–H groups in total. The summed E-state index contributed by atoms with van der Waals surface area (Å²) in [6.45, 7) is 3.63. The van der Waals surface area contributed by atoms with E-state index >= 15 is 0 Å². The van der Waals surface area contributed by atoms with Crippen molar-refractivity contribution < 1.29 is 14.1 Å². The highest BCUT2D eigenvalue weighted by molar-refractivity contribution is 6.03. The molecule has 0 saturated carbocycles. The SMILES string of the molecule is CCC(=O)N(C)c1ccc(-c2ccc(C(=O)Nc3cc(C)no3)cc2)cc1. The van der Waals surface area contributed by atoms with Crippen LogP contribution in [0, 0.1) is 6.92 Å². The number of benzene rings is 2. The van der Waals surface area contributed by atoms with Gasteiger partial charge in [-0.25, -0.2) is 0 Å². The van der Waals surface area contributed by atoms with Crippen LogP contribution in [0.4, 0.5) is 11.6 Å². The van der Waals surface area contributed by atoms with E-state index in [0.29, 0.717) is 23.6 Å². The normalized spacial score (nSPS) is 10.5. The Kier molecular flexibility index (Phi) is 5.35. The lowest BCUT2D eigenvalue weighted by molar-refractivity contribution is -0.118. The van der Waals surface area contributed by atoms with Crippen LogP contribution in [0.15, 0.2) is 59.1 Å². The second-order valence-corrected chi connectivity index (χ2v) is 6.22. The molecule has 6 nitrogen and oxygen atoms in total. The molecule has 3 rings (SSSR count). The van der Waals surface area contributed by atoms with Gasteiger partial charge < -0.3 is 9.42 Å². The molecule has 3 aromatic rings. The van der Waals surface area contributed by atoms with Crippen molar-refractivity contribution in [2.45, 2.75) is 20.3 Å². The summed E-state index contributed by atoms with van der Waals surface area (Å²) in [5, 5.41) is 6.41. The number of hydrogen-bond acceptors (Lipinski definition) is 4. The summed E-state index contributed by atoms with van der Waals surface area (Å²) < 4.78 is 4.99. The quantitative estimate of drug-likeness (QED) is 0.734. The van der Waals surface area contributed by atoms with Crippen molar-refractivity contribution in [3.05, 3.63) is 65.9 Å². The van der Waals surface area contributed by atoms with Crippen molar-refractivity contribution in [1.29, 1.82) is 0 Å². The Labute approximate surface area is 157 Å². The Bertz CT molecular complexity index is 944. The van der Waals surface area contributed by atoms with E-state index in [-0.39, 0.29) is 11.8 Å². The molecule has 0 fully saturated rings. The largest absolute Gasteiger partial charge is 0.338 e. The predicted molar refractivity (Wildman–Crippen MR) is 105 cm³/mol. The molecule has 27 heavy (non-hydrogen) atoms. The molecule has 2 aromatic carbocycles. The molecule has 0 aliphatic heterocycles. The van der Waals surface area contributed by atoms with Gasteiger partial charge in [-0.05, 0) is 42.3 Å². The molecular formula is C21H21N3O3. The molecule has 2 amide bonds. The number of rotatable bonds is 5.